The van der Waals surface area contributed by atoms with Gasteiger partial charge in [-0.3, -0.25) is 0 Å². The number of hydrogen-bond acceptors (Lipinski definition) is 7. The summed E-state index contributed by atoms with van der Waals surface area (Å²) in [5.74, 6) is 0. The van der Waals surface area contributed by atoms with E-state index in [1.54, 1.807) is 0 Å². The van der Waals surface area contributed by atoms with Gasteiger partial charge in [0, 0.05) is 79.5 Å². The zero-order valence-corrected chi connectivity index (χ0v) is 27.0. The van der Waals surface area contributed by atoms with Gasteiger partial charge in [-0.05, 0) is 55.2 Å². The van der Waals surface area contributed by atoms with Gasteiger partial charge in [-0.2, -0.15) is 0 Å². The number of para-hydroxylation sites is 3. The van der Waals surface area contributed by atoms with Crippen molar-refractivity contribution in [3.05, 3.63) is 139 Å². The maximum absolute atomic E-state index is 6.76. The second-order valence-corrected chi connectivity index (χ2v) is 13.7. The number of hydrogen-bond donors (Lipinski definition) is 0. The minimum Gasteiger partial charge on any atom is -0.454 e. The van der Waals surface area contributed by atoms with Gasteiger partial charge in [0.15, 0.2) is 5.58 Å². The summed E-state index contributed by atoms with van der Waals surface area (Å²) in [5.41, 5.74) is 8.95. The number of fused-ring (bicyclic) bond motifs is 8. The molecule has 5 aliphatic heterocycles. The lowest BCUT2D eigenvalue weighted by atomic mass is 9.70. The van der Waals surface area contributed by atoms with Gasteiger partial charge in [-0.25, -0.2) is 0 Å². The molecule has 0 saturated carbocycles. The lowest BCUT2D eigenvalue weighted by Gasteiger charge is -2.57. The number of likely N-dealkylation sites (N-methyl/N-ethyl adjacent to an activating group) is 1. The second kappa shape index (κ2) is 9.61. The van der Waals surface area contributed by atoms with Crippen LogP contribution in [0.25, 0.3) is 21.9 Å². The fourth-order valence-electron chi connectivity index (χ4n) is 9.45. The Kier molecular flexibility index (Phi) is 5.49. The number of furan rings is 1. The molecule has 7 heteroatoms. The van der Waals surface area contributed by atoms with E-state index in [2.05, 4.69) is 172 Å². The molecule has 5 aromatic rings. The van der Waals surface area contributed by atoms with E-state index < -0.39 is 5.41 Å². The predicted molar refractivity (Wildman–Crippen MR) is 190 cm³/mol. The molecule has 4 atom stereocenters. The molecule has 1 saturated heterocycles. The first-order chi connectivity index (χ1) is 23.1. The van der Waals surface area contributed by atoms with Gasteiger partial charge in [0.05, 0.1) is 5.69 Å². The monoisotopic (exact) mass is 618 g/mol. The minimum absolute atomic E-state index is 0.00693. The molecule has 4 unspecified atom stereocenters. The van der Waals surface area contributed by atoms with Crippen molar-refractivity contribution < 1.29 is 4.42 Å². The Morgan fingerprint density at radius 1 is 0.596 bits per heavy atom. The molecule has 47 heavy (non-hydrogen) atoms. The molecule has 0 spiro atoms. The fourth-order valence-corrected chi connectivity index (χ4v) is 9.45. The molecule has 234 valence electrons. The maximum atomic E-state index is 6.76. The number of rotatable bonds is 3. The molecule has 7 nitrogen and oxygen atoms in total. The third-order valence-electron chi connectivity index (χ3n) is 11.2. The Morgan fingerprint density at radius 3 is 2.04 bits per heavy atom. The molecule has 1 aromatic heterocycles. The van der Waals surface area contributed by atoms with E-state index in [-0.39, 0.29) is 18.5 Å². The molecule has 0 N–H and O–H groups in total. The molecule has 0 amide bonds. The summed E-state index contributed by atoms with van der Waals surface area (Å²) in [7, 11) is 2.26. The highest BCUT2D eigenvalue weighted by atomic mass is 16.3. The van der Waals surface area contributed by atoms with Crippen LogP contribution in [-0.2, 0) is 5.41 Å². The summed E-state index contributed by atoms with van der Waals surface area (Å²) in [4.78, 5) is 15.3. The van der Waals surface area contributed by atoms with Crippen LogP contribution in [0, 0.1) is 13.8 Å². The summed E-state index contributed by atoms with van der Waals surface area (Å²) >= 11 is 0. The lowest BCUT2D eigenvalue weighted by molar-refractivity contribution is 0.0333. The van der Waals surface area contributed by atoms with Gasteiger partial charge in [-0.1, -0.05) is 66.7 Å². The third-order valence-corrected chi connectivity index (χ3v) is 11.2. The van der Waals surface area contributed by atoms with E-state index in [4.69, 9.17) is 4.42 Å². The van der Waals surface area contributed by atoms with Crippen molar-refractivity contribution in [2.24, 2.45) is 0 Å². The SMILES string of the molecule is Cc1ccccc1N1C=CN2CCCN3C=CN4c5ccccc5C(C5N(C)C=CN5c5c(C)ccc6c5oc5ccccc56)(C21)C34. The molecule has 4 aromatic carbocycles. The van der Waals surface area contributed by atoms with Crippen LogP contribution in [0.1, 0.15) is 23.1 Å². The minimum atomic E-state index is -0.439. The van der Waals surface area contributed by atoms with Crippen molar-refractivity contribution in [2.75, 3.05) is 34.8 Å². The van der Waals surface area contributed by atoms with Crippen molar-refractivity contribution in [1.29, 1.82) is 0 Å². The molecule has 6 heterocycles. The van der Waals surface area contributed by atoms with Gasteiger partial charge in [0.25, 0.3) is 0 Å². The largest absolute Gasteiger partial charge is 0.454 e. The van der Waals surface area contributed by atoms with E-state index >= 15 is 0 Å². The Hall–Kier alpha value is -5.30. The number of anilines is 3. The quantitative estimate of drug-likeness (QED) is 0.205. The van der Waals surface area contributed by atoms with Crippen molar-refractivity contribution in [1.82, 2.24) is 14.7 Å². The van der Waals surface area contributed by atoms with Crippen LogP contribution in [0.15, 0.2) is 127 Å². The highest BCUT2D eigenvalue weighted by molar-refractivity contribution is 6.09. The van der Waals surface area contributed by atoms with Gasteiger partial charge in [0.1, 0.15) is 29.5 Å². The van der Waals surface area contributed by atoms with Crippen molar-refractivity contribution >= 4 is 39.0 Å². The van der Waals surface area contributed by atoms with Gasteiger partial charge < -0.3 is 33.8 Å². The van der Waals surface area contributed by atoms with Crippen LogP contribution in [-0.4, -0.2) is 53.3 Å². The lowest BCUT2D eigenvalue weighted by Crippen LogP contribution is -2.73. The van der Waals surface area contributed by atoms with Crippen LogP contribution >= 0.6 is 0 Å². The van der Waals surface area contributed by atoms with Gasteiger partial charge in [-0.15, -0.1) is 0 Å². The first-order valence-corrected chi connectivity index (χ1v) is 16.8. The molecular weight excluding hydrogens is 580 g/mol. The number of nitrogens with zero attached hydrogens (tertiary/aromatic N) is 6. The molecule has 0 bridgehead atoms. The molecule has 0 radical (unpaired) electrons. The molecule has 5 aliphatic rings. The summed E-state index contributed by atoms with van der Waals surface area (Å²) in [6.07, 6.45) is 15.0. The topological polar surface area (TPSA) is 32.6 Å². The van der Waals surface area contributed by atoms with E-state index in [0.29, 0.717) is 0 Å². The molecule has 10 rings (SSSR count). The zero-order valence-electron chi connectivity index (χ0n) is 27.0. The van der Waals surface area contributed by atoms with Crippen LogP contribution < -0.4 is 14.7 Å². The fraction of sp³-hybridized carbons (Fsp3) is 0.250. The molecular formula is C40H38N6O. The zero-order chi connectivity index (χ0) is 31.4. The molecule has 0 aliphatic carbocycles. The highest BCUT2D eigenvalue weighted by Gasteiger charge is 2.68. The van der Waals surface area contributed by atoms with Crippen LogP contribution in [0.4, 0.5) is 17.1 Å². The van der Waals surface area contributed by atoms with E-state index in [0.717, 1.165) is 47.1 Å². The van der Waals surface area contributed by atoms with Crippen molar-refractivity contribution in [3.63, 3.8) is 0 Å². The summed E-state index contributed by atoms with van der Waals surface area (Å²) < 4.78 is 6.76. The Morgan fingerprint density at radius 2 is 1.26 bits per heavy atom. The smallest absolute Gasteiger partial charge is 0.159 e. The standard InChI is InChI=1S/C40H38N6O/c1-27-11-4-7-14-32(27)44-25-22-42-19-10-20-43-23-26-45-33-15-8-6-13-31(33)40(38(42)44,39(43)45)37-41(3)21-24-46(37)35-28(2)17-18-30-29-12-5-9-16-34(29)47-36(30)35/h4-9,11-18,21-26,37-39H,10,19-20H2,1-3H3. The first-order valence-electron chi connectivity index (χ1n) is 16.8. The average molecular weight is 619 g/mol. The normalized spacial score (nSPS) is 25.7. The maximum Gasteiger partial charge on any atom is 0.159 e. The molecule has 1 fully saturated rings. The van der Waals surface area contributed by atoms with Crippen LogP contribution in [0.3, 0.4) is 0 Å². The highest BCUT2D eigenvalue weighted by Crippen LogP contribution is 2.59. The van der Waals surface area contributed by atoms with Crippen molar-refractivity contribution in [2.45, 2.75) is 44.2 Å². The van der Waals surface area contributed by atoms with E-state index in [1.165, 1.54) is 28.1 Å². The predicted octanol–water partition coefficient (Wildman–Crippen LogP) is 7.65. The summed E-state index contributed by atoms with van der Waals surface area (Å²) in [6, 6.07) is 30.9. The first kappa shape index (κ1) is 26.9. The Balaban J connectivity index is 1.27. The van der Waals surface area contributed by atoms with Crippen LogP contribution in [0.5, 0.6) is 0 Å². The van der Waals surface area contributed by atoms with E-state index in [1.807, 2.05) is 0 Å². The van der Waals surface area contributed by atoms with Crippen LogP contribution in [0.2, 0.25) is 0 Å². The summed E-state index contributed by atoms with van der Waals surface area (Å²) in [6.45, 7) is 6.44. The number of benzene rings is 4. The number of aryl methyl sites for hydroxylation is 2. The van der Waals surface area contributed by atoms with E-state index in [9.17, 15) is 0 Å². The van der Waals surface area contributed by atoms with Gasteiger partial charge >= 0.3 is 0 Å². The summed E-state index contributed by atoms with van der Waals surface area (Å²) in [5, 5.41) is 2.31. The average Bonchev–Trinajstić information content (AvgIpc) is 3.89. The second-order valence-electron chi connectivity index (χ2n) is 13.7. The van der Waals surface area contributed by atoms with Crippen molar-refractivity contribution in [3.8, 4) is 0 Å². The Labute approximate surface area is 275 Å². The third kappa shape index (κ3) is 3.41. The van der Waals surface area contributed by atoms with Gasteiger partial charge in [0.2, 0.25) is 0 Å². The Bertz CT molecular complexity index is 2160.